The maximum absolute atomic E-state index is 13.4. The molecule has 1 aliphatic heterocycles. The van der Waals surface area contributed by atoms with Crippen LogP contribution in [-0.4, -0.2) is 46.7 Å². The average Bonchev–Trinajstić information content (AvgIpc) is 2.90. The van der Waals surface area contributed by atoms with Gasteiger partial charge < -0.3 is 24.7 Å². The van der Waals surface area contributed by atoms with E-state index in [1.807, 2.05) is 7.05 Å². The summed E-state index contributed by atoms with van der Waals surface area (Å²) in [7, 11) is 3.54. The first-order valence-electron chi connectivity index (χ1n) is 12.4. The second kappa shape index (κ2) is 10.9. The SMILES string of the molecule is CN1CC[C@H]1COc1ccc(C(F)(F)F)cc1NC(=O)Nc1cccc(Oc2ccc3ncn(C)c(=O)c3c2)c1. The molecule has 3 aromatic carbocycles. The fourth-order valence-corrected chi connectivity index (χ4v) is 4.21. The summed E-state index contributed by atoms with van der Waals surface area (Å²) < 4.78 is 53.1. The maximum atomic E-state index is 13.4. The molecule has 4 aromatic rings. The molecule has 208 valence electrons. The first-order valence-corrected chi connectivity index (χ1v) is 12.4. The number of rotatable bonds is 7. The van der Waals surface area contributed by atoms with Crippen molar-refractivity contribution in [2.45, 2.75) is 18.6 Å². The topological polar surface area (TPSA) is 97.7 Å². The second-order valence-electron chi connectivity index (χ2n) is 9.49. The van der Waals surface area contributed by atoms with Crippen LogP contribution in [-0.2, 0) is 13.2 Å². The Morgan fingerprint density at radius 3 is 2.58 bits per heavy atom. The van der Waals surface area contributed by atoms with Gasteiger partial charge in [0.05, 0.1) is 28.5 Å². The third kappa shape index (κ3) is 6.01. The summed E-state index contributed by atoms with van der Waals surface area (Å²) in [6.45, 7) is 1.21. The van der Waals surface area contributed by atoms with Crippen LogP contribution in [0.3, 0.4) is 0 Å². The predicted octanol–water partition coefficient (Wildman–Crippen LogP) is 5.47. The van der Waals surface area contributed by atoms with Gasteiger partial charge in [0.15, 0.2) is 0 Å². The summed E-state index contributed by atoms with van der Waals surface area (Å²) in [6, 6.07) is 13.7. The summed E-state index contributed by atoms with van der Waals surface area (Å²) in [4.78, 5) is 31.5. The predicted molar refractivity (Wildman–Crippen MR) is 144 cm³/mol. The van der Waals surface area contributed by atoms with Gasteiger partial charge in [-0.2, -0.15) is 13.2 Å². The Labute approximate surface area is 227 Å². The number of likely N-dealkylation sites (N-methyl/N-ethyl adjacent to an activating group) is 1. The highest BCUT2D eigenvalue weighted by atomic mass is 19.4. The number of likely N-dealkylation sites (tertiary alicyclic amines) is 1. The molecule has 12 heteroatoms. The van der Waals surface area contributed by atoms with E-state index in [1.54, 1.807) is 49.5 Å². The number of carbonyl (C=O) groups excluding carboxylic acids is 1. The van der Waals surface area contributed by atoms with Crippen molar-refractivity contribution in [3.05, 3.63) is 82.9 Å². The number of anilines is 2. The summed E-state index contributed by atoms with van der Waals surface area (Å²) in [5, 5.41) is 5.46. The number of aromatic nitrogens is 2. The fraction of sp³-hybridized carbons (Fsp3) is 0.250. The number of benzene rings is 3. The van der Waals surface area contributed by atoms with Gasteiger partial charge in [-0.25, -0.2) is 9.78 Å². The third-order valence-electron chi connectivity index (χ3n) is 6.64. The van der Waals surface area contributed by atoms with E-state index in [-0.39, 0.29) is 29.6 Å². The number of fused-ring (bicyclic) bond motifs is 1. The van der Waals surface area contributed by atoms with Crippen LogP contribution in [0.15, 0.2) is 71.8 Å². The molecule has 1 aromatic heterocycles. The third-order valence-corrected chi connectivity index (χ3v) is 6.64. The van der Waals surface area contributed by atoms with E-state index >= 15 is 0 Å². The molecule has 0 aliphatic carbocycles. The summed E-state index contributed by atoms with van der Waals surface area (Å²) in [6.07, 6.45) is -2.23. The van der Waals surface area contributed by atoms with Crippen LogP contribution >= 0.6 is 0 Å². The van der Waals surface area contributed by atoms with Crippen LogP contribution in [0.2, 0.25) is 0 Å². The molecule has 9 nitrogen and oxygen atoms in total. The molecule has 1 saturated heterocycles. The number of nitrogens with zero attached hydrogens (tertiary/aromatic N) is 3. The number of urea groups is 1. The van der Waals surface area contributed by atoms with Crippen LogP contribution < -0.4 is 25.7 Å². The number of aryl methyl sites for hydroxylation is 1. The highest BCUT2D eigenvalue weighted by Gasteiger charge is 2.32. The van der Waals surface area contributed by atoms with Crippen molar-refractivity contribution >= 4 is 28.3 Å². The lowest BCUT2D eigenvalue weighted by atomic mass is 10.1. The number of amides is 2. The molecule has 0 unspecified atom stereocenters. The Morgan fingerprint density at radius 2 is 1.85 bits per heavy atom. The minimum atomic E-state index is -4.59. The molecule has 2 N–H and O–H groups in total. The van der Waals surface area contributed by atoms with Gasteiger partial charge in [-0.3, -0.25) is 9.69 Å². The zero-order chi connectivity index (χ0) is 28.4. The normalized spacial score (nSPS) is 15.4. The van der Waals surface area contributed by atoms with E-state index in [2.05, 4.69) is 20.5 Å². The lowest BCUT2D eigenvalue weighted by Gasteiger charge is -2.37. The van der Waals surface area contributed by atoms with Gasteiger partial charge in [-0.15, -0.1) is 0 Å². The molecule has 0 radical (unpaired) electrons. The number of alkyl halides is 3. The van der Waals surface area contributed by atoms with E-state index in [9.17, 15) is 22.8 Å². The Balaban J connectivity index is 1.30. The number of ether oxygens (including phenoxy) is 2. The van der Waals surface area contributed by atoms with Crippen LogP contribution in [0.25, 0.3) is 10.9 Å². The minimum Gasteiger partial charge on any atom is -0.490 e. The first kappa shape index (κ1) is 27.0. The van der Waals surface area contributed by atoms with Crippen molar-refractivity contribution in [2.75, 3.05) is 30.8 Å². The van der Waals surface area contributed by atoms with Gasteiger partial charge in [-0.1, -0.05) is 6.07 Å². The number of halogens is 3. The monoisotopic (exact) mass is 553 g/mol. The Kier molecular flexibility index (Phi) is 7.35. The van der Waals surface area contributed by atoms with Gasteiger partial charge in [-0.05, 0) is 68.5 Å². The number of hydrogen-bond acceptors (Lipinski definition) is 6. The van der Waals surface area contributed by atoms with Crippen molar-refractivity contribution in [3.63, 3.8) is 0 Å². The van der Waals surface area contributed by atoms with Crippen molar-refractivity contribution in [2.24, 2.45) is 7.05 Å². The van der Waals surface area contributed by atoms with Crippen molar-refractivity contribution in [3.8, 4) is 17.2 Å². The average molecular weight is 554 g/mol. The molecule has 5 rings (SSSR count). The zero-order valence-corrected chi connectivity index (χ0v) is 21.7. The van der Waals surface area contributed by atoms with E-state index in [4.69, 9.17) is 9.47 Å². The molecule has 1 atom stereocenters. The van der Waals surface area contributed by atoms with Crippen molar-refractivity contribution < 1.29 is 27.4 Å². The van der Waals surface area contributed by atoms with Crippen molar-refractivity contribution in [1.82, 2.24) is 14.5 Å². The Morgan fingerprint density at radius 1 is 1.05 bits per heavy atom. The molecule has 0 bridgehead atoms. The van der Waals surface area contributed by atoms with Gasteiger partial charge in [0.1, 0.15) is 23.9 Å². The molecule has 2 heterocycles. The summed E-state index contributed by atoms with van der Waals surface area (Å²) >= 11 is 0. The second-order valence-corrected chi connectivity index (χ2v) is 9.49. The van der Waals surface area contributed by atoms with Crippen LogP contribution in [0.5, 0.6) is 17.2 Å². The standard InChI is InChI=1S/C28H26F3N5O4/c1-35-11-10-19(35)15-39-25-9-6-17(28(29,30)31)12-24(25)34-27(38)33-18-4-3-5-20(13-18)40-21-7-8-23-22(14-21)26(37)36(2)16-32-23/h3-9,12-14,16,19H,10-11,15H2,1-2H3,(H2,33,34,38)/t19-/m0/s1. The molecular weight excluding hydrogens is 527 g/mol. The van der Waals surface area contributed by atoms with Crippen LogP contribution in [0, 0.1) is 0 Å². The number of carbonyl (C=O) groups is 1. The fourth-order valence-electron chi connectivity index (χ4n) is 4.21. The molecular formula is C28H26F3N5O4. The van der Waals surface area contributed by atoms with E-state index < -0.39 is 17.8 Å². The molecule has 2 amide bonds. The van der Waals surface area contributed by atoms with Crippen molar-refractivity contribution in [1.29, 1.82) is 0 Å². The highest BCUT2D eigenvalue weighted by molar-refractivity contribution is 6.00. The van der Waals surface area contributed by atoms with Gasteiger partial charge in [0.25, 0.3) is 5.56 Å². The Hall–Kier alpha value is -4.58. The quantitative estimate of drug-likeness (QED) is 0.315. The maximum Gasteiger partial charge on any atom is 0.416 e. The summed E-state index contributed by atoms with van der Waals surface area (Å²) in [5.74, 6) is 0.894. The van der Waals surface area contributed by atoms with E-state index in [0.29, 0.717) is 28.1 Å². The lowest BCUT2D eigenvalue weighted by molar-refractivity contribution is -0.137. The van der Waals surface area contributed by atoms with Gasteiger partial charge in [0.2, 0.25) is 0 Å². The molecule has 0 saturated carbocycles. The number of hydrogen-bond donors (Lipinski definition) is 2. The molecule has 40 heavy (non-hydrogen) atoms. The summed E-state index contributed by atoms with van der Waals surface area (Å²) in [5.41, 5.74) is -0.376. The molecule has 1 fully saturated rings. The Bertz CT molecular complexity index is 1620. The van der Waals surface area contributed by atoms with Gasteiger partial charge in [0, 0.05) is 24.8 Å². The smallest absolute Gasteiger partial charge is 0.416 e. The first-order chi connectivity index (χ1) is 19.1. The number of nitrogens with one attached hydrogen (secondary N) is 2. The van der Waals surface area contributed by atoms with Gasteiger partial charge >= 0.3 is 12.2 Å². The zero-order valence-electron chi connectivity index (χ0n) is 21.7. The van der Waals surface area contributed by atoms with Crippen LogP contribution in [0.1, 0.15) is 12.0 Å². The van der Waals surface area contributed by atoms with Crippen LogP contribution in [0.4, 0.5) is 29.3 Å². The largest absolute Gasteiger partial charge is 0.490 e. The molecule has 0 spiro atoms. The molecule has 1 aliphatic rings. The minimum absolute atomic E-state index is 0.104. The van der Waals surface area contributed by atoms with E-state index in [1.165, 1.54) is 17.0 Å². The van der Waals surface area contributed by atoms with E-state index in [0.717, 1.165) is 25.1 Å². The lowest BCUT2D eigenvalue weighted by Crippen LogP contribution is -2.48. The highest BCUT2D eigenvalue weighted by Crippen LogP contribution is 2.35.